The number of nitriles is 1. The quantitative estimate of drug-likeness (QED) is 0.465. The van der Waals surface area contributed by atoms with Gasteiger partial charge in [-0.3, -0.25) is 4.40 Å². The zero-order valence-electron chi connectivity index (χ0n) is 15.4. The largest absolute Gasteiger partial charge is 0.341 e. The van der Waals surface area contributed by atoms with Gasteiger partial charge in [0.25, 0.3) is 0 Å². The van der Waals surface area contributed by atoms with Crippen molar-refractivity contribution >= 4 is 39.8 Å². The molecule has 0 aliphatic carbocycles. The Hall–Kier alpha value is -3.03. The Kier molecular flexibility index (Phi) is 4.25. The number of aryl methyl sites for hydroxylation is 1. The molecule has 134 valence electrons. The minimum atomic E-state index is 0.201. The van der Waals surface area contributed by atoms with Crippen molar-refractivity contribution in [2.75, 3.05) is 5.32 Å². The highest BCUT2D eigenvalue weighted by Crippen LogP contribution is 2.32. The molecule has 0 unspecified atom stereocenters. The van der Waals surface area contributed by atoms with Crippen molar-refractivity contribution in [3.05, 3.63) is 70.2 Å². The van der Waals surface area contributed by atoms with Crippen molar-refractivity contribution in [1.82, 2.24) is 9.38 Å². The highest BCUT2D eigenvalue weighted by atomic mass is 35.5. The summed E-state index contributed by atoms with van der Waals surface area (Å²) in [6.07, 6.45) is 0. The number of aromatic nitrogens is 2. The minimum absolute atomic E-state index is 0.201. The molecule has 27 heavy (non-hydrogen) atoms. The molecule has 2 aromatic heterocycles. The van der Waals surface area contributed by atoms with Gasteiger partial charge in [0.2, 0.25) is 0 Å². The number of nitrogens with one attached hydrogen (secondary N) is 1. The summed E-state index contributed by atoms with van der Waals surface area (Å²) in [5.41, 5.74) is 6.01. The topological polar surface area (TPSA) is 53.1 Å². The Bertz CT molecular complexity index is 1210. The van der Waals surface area contributed by atoms with Crippen LogP contribution in [0.5, 0.6) is 0 Å². The third-order valence-electron chi connectivity index (χ3n) is 4.78. The number of benzene rings is 2. The van der Waals surface area contributed by atoms with Crippen molar-refractivity contribution in [3.8, 4) is 6.07 Å². The first-order valence-electron chi connectivity index (χ1n) is 8.87. The highest BCUT2D eigenvalue weighted by molar-refractivity contribution is 6.31. The van der Waals surface area contributed by atoms with Crippen LogP contribution in [-0.4, -0.2) is 9.38 Å². The molecule has 2 heterocycles. The first-order chi connectivity index (χ1) is 13.0. The van der Waals surface area contributed by atoms with E-state index in [0.29, 0.717) is 16.2 Å². The molecule has 0 saturated carbocycles. The van der Waals surface area contributed by atoms with Crippen molar-refractivity contribution in [2.45, 2.75) is 26.7 Å². The fraction of sp³-hybridized carbons (Fsp3) is 0.182. The summed E-state index contributed by atoms with van der Waals surface area (Å²) in [4.78, 5) is 4.74. The van der Waals surface area contributed by atoms with Gasteiger partial charge in [0.05, 0.1) is 16.6 Å². The molecule has 4 nitrogen and oxygen atoms in total. The van der Waals surface area contributed by atoms with Crippen LogP contribution in [0.25, 0.3) is 16.7 Å². The van der Waals surface area contributed by atoms with Gasteiger partial charge in [-0.1, -0.05) is 43.6 Å². The molecular formula is C22H19ClN4. The van der Waals surface area contributed by atoms with Gasteiger partial charge in [0.15, 0.2) is 5.65 Å². The van der Waals surface area contributed by atoms with Crippen LogP contribution in [0, 0.1) is 18.3 Å². The summed E-state index contributed by atoms with van der Waals surface area (Å²) in [6, 6.07) is 18.2. The number of hydrogen-bond donors (Lipinski definition) is 1. The van der Waals surface area contributed by atoms with E-state index in [9.17, 15) is 5.26 Å². The number of fused-ring (bicyclic) bond motifs is 3. The van der Waals surface area contributed by atoms with E-state index in [-0.39, 0.29) is 5.92 Å². The minimum Gasteiger partial charge on any atom is -0.341 e. The zero-order chi connectivity index (χ0) is 19.1. The van der Waals surface area contributed by atoms with E-state index in [1.165, 1.54) is 0 Å². The van der Waals surface area contributed by atoms with Gasteiger partial charge in [0, 0.05) is 10.7 Å². The van der Waals surface area contributed by atoms with Crippen molar-refractivity contribution in [1.29, 1.82) is 5.26 Å². The summed E-state index contributed by atoms with van der Waals surface area (Å²) < 4.78 is 2.01. The van der Waals surface area contributed by atoms with E-state index in [1.54, 1.807) is 0 Å². The molecule has 2 aromatic carbocycles. The molecule has 4 aromatic rings. The molecule has 0 radical (unpaired) electrons. The standard InChI is InChI=1S/C22H19ClN4/c1-13(2)16-11-21(25-15-9-8-14(3)18(23)10-15)27-20-7-5-4-6-19(20)26-22(27)17(16)12-24/h4-11,13,25H,1-3H3. The molecule has 0 aliphatic rings. The third kappa shape index (κ3) is 2.90. The fourth-order valence-corrected chi connectivity index (χ4v) is 3.51. The number of para-hydroxylation sites is 2. The summed E-state index contributed by atoms with van der Waals surface area (Å²) in [5.74, 6) is 1.06. The number of pyridine rings is 1. The number of rotatable bonds is 3. The van der Waals surface area contributed by atoms with E-state index < -0.39 is 0 Å². The van der Waals surface area contributed by atoms with E-state index in [2.05, 4.69) is 25.2 Å². The van der Waals surface area contributed by atoms with Crippen LogP contribution in [0.4, 0.5) is 11.5 Å². The van der Waals surface area contributed by atoms with Gasteiger partial charge in [-0.15, -0.1) is 0 Å². The fourth-order valence-electron chi connectivity index (χ4n) is 3.33. The molecule has 0 amide bonds. The number of nitrogens with zero attached hydrogens (tertiary/aromatic N) is 3. The van der Waals surface area contributed by atoms with Crippen LogP contribution in [0.1, 0.15) is 36.5 Å². The number of anilines is 2. The Morgan fingerprint density at radius 3 is 2.63 bits per heavy atom. The van der Waals surface area contributed by atoms with Gasteiger partial charge in [-0.2, -0.15) is 5.26 Å². The van der Waals surface area contributed by atoms with Gasteiger partial charge in [0.1, 0.15) is 11.9 Å². The molecule has 0 spiro atoms. The van der Waals surface area contributed by atoms with E-state index in [4.69, 9.17) is 16.6 Å². The monoisotopic (exact) mass is 374 g/mol. The highest BCUT2D eigenvalue weighted by Gasteiger charge is 2.18. The lowest BCUT2D eigenvalue weighted by atomic mass is 9.99. The molecule has 0 fully saturated rings. The molecular weight excluding hydrogens is 356 g/mol. The maximum absolute atomic E-state index is 9.80. The maximum atomic E-state index is 9.80. The number of imidazole rings is 1. The lowest BCUT2D eigenvalue weighted by Gasteiger charge is -2.16. The molecule has 5 heteroatoms. The number of hydrogen-bond acceptors (Lipinski definition) is 3. The second-order valence-electron chi connectivity index (χ2n) is 6.97. The Morgan fingerprint density at radius 2 is 1.93 bits per heavy atom. The van der Waals surface area contributed by atoms with E-state index in [0.717, 1.165) is 33.7 Å². The second kappa shape index (κ2) is 6.61. The van der Waals surface area contributed by atoms with Gasteiger partial charge >= 0.3 is 0 Å². The smallest absolute Gasteiger partial charge is 0.157 e. The van der Waals surface area contributed by atoms with Crippen LogP contribution in [0.2, 0.25) is 5.02 Å². The van der Waals surface area contributed by atoms with Crippen LogP contribution < -0.4 is 5.32 Å². The predicted molar refractivity (Wildman–Crippen MR) is 111 cm³/mol. The molecule has 4 rings (SSSR count). The van der Waals surface area contributed by atoms with Crippen LogP contribution in [0.3, 0.4) is 0 Å². The first-order valence-corrected chi connectivity index (χ1v) is 9.24. The average molecular weight is 375 g/mol. The SMILES string of the molecule is Cc1ccc(Nc2cc(C(C)C)c(C#N)c3nc4ccccc4n23)cc1Cl. The normalized spacial score (nSPS) is 11.3. The van der Waals surface area contributed by atoms with Crippen molar-refractivity contribution in [2.24, 2.45) is 0 Å². The van der Waals surface area contributed by atoms with E-state index in [1.807, 2.05) is 59.9 Å². The molecule has 1 N–H and O–H groups in total. The second-order valence-corrected chi connectivity index (χ2v) is 7.38. The summed E-state index contributed by atoms with van der Waals surface area (Å²) in [6.45, 7) is 6.15. The lowest BCUT2D eigenvalue weighted by Crippen LogP contribution is -2.04. The summed E-state index contributed by atoms with van der Waals surface area (Å²) >= 11 is 6.30. The molecule has 0 aliphatic heterocycles. The summed E-state index contributed by atoms with van der Waals surface area (Å²) in [5, 5.41) is 14.0. The lowest BCUT2D eigenvalue weighted by molar-refractivity contribution is 0.860. The third-order valence-corrected chi connectivity index (χ3v) is 5.19. The zero-order valence-corrected chi connectivity index (χ0v) is 16.2. The van der Waals surface area contributed by atoms with E-state index >= 15 is 0 Å². The Balaban J connectivity index is 2.03. The van der Waals surface area contributed by atoms with Gasteiger partial charge < -0.3 is 5.32 Å². The summed E-state index contributed by atoms with van der Waals surface area (Å²) in [7, 11) is 0. The van der Waals surface area contributed by atoms with Gasteiger partial charge in [-0.05, 0) is 54.3 Å². The van der Waals surface area contributed by atoms with Gasteiger partial charge in [-0.25, -0.2) is 4.98 Å². The predicted octanol–water partition coefficient (Wildman–Crippen LogP) is 6.19. The van der Waals surface area contributed by atoms with Crippen LogP contribution in [-0.2, 0) is 0 Å². The van der Waals surface area contributed by atoms with Crippen molar-refractivity contribution < 1.29 is 0 Å². The van der Waals surface area contributed by atoms with Crippen LogP contribution in [0.15, 0.2) is 48.5 Å². The number of halogens is 1. The molecule has 0 saturated heterocycles. The Morgan fingerprint density at radius 1 is 1.15 bits per heavy atom. The average Bonchev–Trinajstić information content (AvgIpc) is 3.04. The molecule has 0 bridgehead atoms. The molecule has 0 atom stereocenters. The first kappa shape index (κ1) is 17.4. The maximum Gasteiger partial charge on any atom is 0.157 e. The van der Waals surface area contributed by atoms with Crippen molar-refractivity contribution in [3.63, 3.8) is 0 Å². The Labute approximate surface area is 163 Å². The van der Waals surface area contributed by atoms with Crippen LogP contribution >= 0.6 is 11.6 Å².